The molecule has 0 bridgehead atoms. The van der Waals surface area contributed by atoms with Gasteiger partial charge in [-0.25, -0.2) is 13.4 Å². The summed E-state index contributed by atoms with van der Waals surface area (Å²) in [4.78, 5) is 4.38. The summed E-state index contributed by atoms with van der Waals surface area (Å²) in [6.45, 7) is 3.83. The summed E-state index contributed by atoms with van der Waals surface area (Å²) in [7, 11) is -3.27. The zero-order valence-corrected chi connectivity index (χ0v) is 16.3. The fourth-order valence-electron chi connectivity index (χ4n) is 2.10. The Kier molecular flexibility index (Phi) is 7.19. The fraction of sp³-hybridized carbons (Fsp3) is 0.150. The van der Waals surface area contributed by atoms with E-state index in [0.717, 1.165) is 28.8 Å². The average molecular weight is 385 g/mol. The van der Waals surface area contributed by atoms with Gasteiger partial charge in [0.2, 0.25) is 10.0 Å². The summed E-state index contributed by atoms with van der Waals surface area (Å²) in [5.41, 5.74) is 3.40. The van der Waals surface area contributed by atoms with Crippen molar-refractivity contribution >= 4 is 21.5 Å². The summed E-state index contributed by atoms with van der Waals surface area (Å²) in [6.07, 6.45) is 11.6. The van der Waals surface area contributed by atoms with Gasteiger partial charge in [-0.05, 0) is 55.3 Å². The maximum atomic E-state index is 11.2. The summed E-state index contributed by atoms with van der Waals surface area (Å²) in [5.74, 6) is 0.719. The molecule has 0 unspecified atom stereocenters. The molecule has 1 aromatic carbocycles. The molecule has 7 heteroatoms. The lowest BCUT2D eigenvalue weighted by Crippen LogP contribution is -2.09. The number of aromatic nitrogens is 1. The van der Waals surface area contributed by atoms with Crippen LogP contribution in [0.15, 0.2) is 79.0 Å². The van der Waals surface area contributed by atoms with Crippen molar-refractivity contribution in [1.82, 2.24) is 4.98 Å². The lowest BCUT2D eigenvalue weighted by Gasteiger charge is -2.07. The second-order valence-electron chi connectivity index (χ2n) is 5.82. The molecule has 2 aromatic rings. The van der Waals surface area contributed by atoms with E-state index in [2.05, 4.69) is 15.0 Å². The molecule has 1 aromatic heterocycles. The van der Waals surface area contributed by atoms with E-state index < -0.39 is 10.0 Å². The number of nitrogens with one attached hydrogen (secondary N) is 2. The minimum absolute atomic E-state index is 0.527. The first kappa shape index (κ1) is 20.3. The molecule has 0 aliphatic rings. The topological polar surface area (TPSA) is 80.3 Å². The van der Waals surface area contributed by atoms with Gasteiger partial charge < -0.3 is 10.1 Å². The third-order valence-electron chi connectivity index (χ3n) is 3.36. The van der Waals surface area contributed by atoms with Crippen molar-refractivity contribution in [1.29, 1.82) is 0 Å². The van der Waals surface area contributed by atoms with E-state index >= 15 is 0 Å². The minimum Gasteiger partial charge on any atom is -0.473 e. The molecule has 0 aliphatic heterocycles. The quantitative estimate of drug-likeness (QED) is 0.517. The van der Waals surface area contributed by atoms with Crippen LogP contribution in [0.2, 0.25) is 0 Å². The molecule has 0 saturated heterocycles. The Balaban J connectivity index is 1.99. The Morgan fingerprint density at radius 2 is 1.78 bits per heavy atom. The number of nitrogens with zero attached hydrogens (tertiary/aromatic N) is 1. The molecule has 142 valence electrons. The molecule has 0 radical (unpaired) electrons. The summed E-state index contributed by atoms with van der Waals surface area (Å²) < 4.78 is 30.0. The van der Waals surface area contributed by atoms with E-state index in [1.807, 2.05) is 56.5 Å². The number of hydrogen-bond donors (Lipinski definition) is 2. The van der Waals surface area contributed by atoms with Crippen LogP contribution in [0.1, 0.15) is 13.8 Å². The van der Waals surface area contributed by atoms with Gasteiger partial charge in [0.15, 0.2) is 0 Å². The van der Waals surface area contributed by atoms with Crippen molar-refractivity contribution in [2.45, 2.75) is 13.8 Å². The van der Waals surface area contributed by atoms with Crippen LogP contribution >= 0.6 is 0 Å². The van der Waals surface area contributed by atoms with E-state index in [-0.39, 0.29) is 0 Å². The standard InChI is InChI=1S/C20H23N3O3S/c1-4-12-26-13-11-16(2)14-21-20-10-7-18(15-22-20)17-5-8-19(9-6-17)23-27(3,24)25/h4-15,23H,1-3H3,(H,21,22)/b12-4-,13-11+,16-14+. The second kappa shape index (κ2) is 9.59. The van der Waals surface area contributed by atoms with Crippen molar-refractivity contribution in [2.75, 3.05) is 16.3 Å². The van der Waals surface area contributed by atoms with Crippen LogP contribution in [-0.4, -0.2) is 19.7 Å². The number of anilines is 2. The van der Waals surface area contributed by atoms with E-state index in [1.54, 1.807) is 30.9 Å². The van der Waals surface area contributed by atoms with E-state index in [0.29, 0.717) is 5.69 Å². The summed E-state index contributed by atoms with van der Waals surface area (Å²) in [6, 6.07) is 11.0. The fourth-order valence-corrected chi connectivity index (χ4v) is 2.67. The predicted molar refractivity (Wildman–Crippen MR) is 111 cm³/mol. The van der Waals surface area contributed by atoms with E-state index in [4.69, 9.17) is 4.74 Å². The maximum absolute atomic E-state index is 11.2. The molecule has 0 atom stereocenters. The highest BCUT2D eigenvalue weighted by Gasteiger charge is 2.03. The molecule has 0 fully saturated rings. The van der Waals surface area contributed by atoms with Crippen molar-refractivity contribution < 1.29 is 13.2 Å². The van der Waals surface area contributed by atoms with Gasteiger partial charge >= 0.3 is 0 Å². The molecule has 1 heterocycles. The smallest absolute Gasteiger partial charge is 0.229 e. The van der Waals surface area contributed by atoms with Gasteiger partial charge in [0.05, 0.1) is 18.8 Å². The lowest BCUT2D eigenvalue weighted by atomic mass is 10.1. The van der Waals surface area contributed by atoms with Crippen LogP contribution in [0.3, 0.4) is 0 Å². The minimum atomic E-state index is -3.27. The Bertz CT molecular complexity index is 929. The molecule has 6 nitrogen and oxygen atoms in total. The normalized spacial score (nSPS) is 12.5. The summed E-state index contributed by atoms with van der Waals surface area (Å²) in [5, 5.41) is 3.12. The van der Waals surface area contributed by atoms with Gasteiger partial charge in [0.25, 0.3) is 0 Å². The third kappa shape index (κ3) is 7.37. The van der Waals surface area contributed by atoms with Crippen LogP contribution in [0.5, 0.6) is 0 Å². The van der Waals surface area contributed by atoms with Crippen molar-refractivity contribution in [3.8, 4) is 11.1 Å². The predicted octanol–water partition coefficient (Wildman–Crippen LogP) is 4.50. The molecular formula is C20H23N3O3S. The SMILES string of the molecule is C/C=C\O/C=C/C(C)=C/Nc1ccc(-c2ccc(NS(C)(=O)=O)cc2)cn1. The highest BCUT2D eigenvalue weighted by atomic mass is 32.2. The summed E-state index contributed by atoms with van der Waals surface area (Å²) >= 11 is 0. The maximum Gasteiger partial charge on any atom is 0.229 e. The first-order chi connectivity index (χ1) is 12.9. The first-order valence-electron chi connectivity index (χ1n) is 8.28. The van der Waals surface area contributed by atoms with Crippen LogP contribution in [0.25, 0.3) is 11.1 Å². The Hall–Kier alpha value is -3.06. The van der Waals surface area contributed by atoms with Crippen LogP contribution in [-0.2, 0) is 14.8 Å². The van der Waals surface area contributed by atoms with Gasteiger partial charge in [-0.1, -0.05) is 18.2 Å². The van der Waals surface area contributed by atoms with Crippen LogP contribution in [0.4, 0.5) is 11.5 Å². The highest BCUT2D eigenvalue weighted by Crippen LogP contribution is 2.22. The molecule has 0 amide bonds. The molecule has 27 heavy (non-hydrogen) atoms. The highest BCUT2D eigenvalue weighted by molar-refractivity contribution is 7.92. The zero-order chi connectivity index (χ0) is 19.7. The first-order valence-corrected chi connectivity index (χ1v) is 10.2. The molecule has 0 saturated carbocycles. The number of sulfonamides is 1. The van der Waals surface area contributed by atoms with Gasteiger partial charge in [-0.2, -0.15) is 0 Å². The third-order valence-corrected chi connectivity index (χ3v) is 3.96. The van der Waals surface area contributed by atoms with Gasteiger partial charge in [0, 0.05) is 23.6 Å². The number of benzene rings is 1. The second-order valence-corrected chi connectivity index (χ2v) is 7.57. The number of rotatable bonds is 8. The molecule has 2 N–H and O–H groups in total. The van der Waals surface area contributed by atoms with Gasteiger partial charge in [0.1, 0.15) is 5.82 Å². The lowest BCUT2D eigenvalue weighted by molar-refractivity contribution is 0.401. The Morgan fingerprint density at radius 1 is 1.07 bits per heavy atom. The molecule has 0 aliphatic carbocycles. The number of ether oxygens (including phenoxy) is 1. The van der Waals surface area contributed by atoms with Crippen LogP contribution in [0, 0.1) is 0 Å². The molecular weight excluding hydrogens is 362 g/mol. The molecule has 2 rings (SSSR count). The number of allylic oxidation sites excluding steroid dienone is 3. The van der Waals surface area contributed by atoms with Gasteiger partial charge in [-0.3, -0.25) is 4.72 Å². The molecule has 0 spiro atoms. The van der Waals surface area contributed by atoms with Crippen LogP contribution < -0.4 is 10.0 Å². The Labute approximate surface area is 160 Å². The number of hydrogen-bond acceptors (Lipinski definition) is 5. The van der Waals surface area contributed by atoms with Crippen molar-refractivity contribution in [2.24, 2.45) is 0 Å². The largest absolute Gasteiger partial charge is 0.473 e. The average Bonchev–Trinajstić information content (AvgIpc) is 2.63. The van der Waals surface area contributed by atoms with E-state index in [1.165, 1.54) is 0 Å². The zero-order valence-electron chi connectivity index (χ0n) is 15.5. The van der Waals surface area contributed by atoms with Crippen molar-refractivity contribution in [3.63, 3.8) is 0 Å². The number of pyridine rings is 1. The Morgan fingerprint density at radius 3 is 2.37 bits per heavy atom. The van der Waals surface area contributed by atoms with E-state index in [9.17, 15) is 8.42 Å². The van der Waals surface area contributed by atoms with Gasteiger partial charge in [-0.15, -0.1) is 0 Å². The van der Waals surface area contributed by atoms with Crippen molar-refractivity contribution in [3.05, 3.63) is 79.0 Å². The monoisotopic (exact) mass is 385 g/mol.